The Morgan fingerprint density at radius 3 is 2.83 bits per heavy atom. The fourth-order valence-electron chi connectivity index (χ4n) is 3.59. The highest BCUT2D eigenvalue weighted by molar-refractivity contribution is 9.10. The highest BCUT2D eigenvalue weighted by Gasteiger charge is 2.27. The second-order valence-corrected chi connectivity index (χ2v) is 7.27. The summed E-state index contributed by atoms with van der Waals surface area (Å²) in [5.74, 6) is 2.83. The molecule has 4 rings (SSSR count). The number of piperidine rings is 1. The van der Waals surface area contributed by atoms with E-state index in [2.05, 4.69) is 46.0 Å². The van der Waals surface area contributed by atoms with Crippen LogP contribution in [0.5, 0.6) is 0 Å². The van der Waals surface area contributed by atoms with E-state index in [0.29, 0.717) is 5.92 Å². The van der Waals surface area contributed by atoms with Crippen molar-refractivity contribution in [2.45, 2.75) is 38.4 Å². The molecular formula is C15H22BrN7. The summed E-state index contributed by atoms with van der Waals surface area (Å²) in [6.07, 6.45) is 4.18. The molecule has 0 saturated carbocycles. The van der Waals surface area contributed by atoms with Gasteiger partial charge in [-0.1, -0.05) is 0 Å². The molecule has 124 valence electrons. The Morgan fingerprint density at radius 2 is 2.09 bits per heavy atom. The summed E-state index contributed by atoms with van der Waals surface area (Å²) in [6, 6.07) is 0. The molecule has 0 atom stereocenters. The van der Waals surface area contributed by atoms with E-state index < -0.39 is 0 Å². The van der Waals surface area contributed by atoms with Gasteiger partial charge in [0.2, 0.25) is 0 Å². The van der Waals surface area contributed by atoms with Crippen LogP contribution in [0.3, 0.4) is 0 Å². The van der Waals surface area contributed by atoms with E-state index in [1.54, 1.807) is 0 Å². The molecule has 23 heavy (non-hydrogen) atoms. The third-order valence-electron chi connectivity index (χ3n) is 4.99. The molecule has 2 aromatic heterocycles. The predicted molar refractivity (Wildman–Crippen MR) is 89.9 cm³/mol. The van der Waals surface area contributed by atoms with Gasteiger partial charge in [0.25, 0.3) is 0 Å². The van der Waals surface area contributed by atoms with Crippen molar-refractivity contribution in [2.24, 2.45) is 7.05 Å². The van der Waals surface area contributed by atoms with Crippen LogP contribution in [0, 0.1) is 0 Å². The molecule has 0 amide bonds. The molecule has 0 bridgehead atoms. The lowest BCUT2D eigenvalue weighted by molar-refractivity contribution is 0.195. The number of nitrogens with one attached hydrogen (secondary N) is 1. The molecule has 2 aromatic rings. The maximum Gasteiger partial charge on any atom is 0.147 e. The fraction of sp³-hybridized carbons (Fsp3) is 0.667. The summed E-state index contributed by atoms with van der Waals surface area (Å²) in [7, 11) is 2.00. The van der Waals surface area contributed by atoms with E-state index in [4.69, 9.17) is 0 Å². The lowest BCUT2D eigenvalue weighted by Crippen LogP contribution is -2.35. The molecule has 1 saturated heterocycles. The first kappa shape index (κ1) is 15.3. The van der Waals surface area contributed by atoms with Gasteiger partial charge in [0.15, 0.2) is 0 Å². The Balaban J connectivity index is 1.40. The Hall–Kier alpha value is -1.25. The third-order valence-corrected chi connectivity index (χ3v) is 5.65. The number of rotatable bonds is 3. The van der Waals surface area contributed by atoms with Crippen LogP contribution in [0.4, 0.5) is 0 Å². The predicted octanol–water partition coefficient (Wildman–Crippen LogP) is 1.26. The number of halogens is 1. The van der Waals surface area contributed by atoms with Gasteiger partial charge in [-0.15, -0.1) is 10.2 Å². The molecule has 4 heterocycles. The van der Waals surface area contributed by atoms with Crippen LogP contribution in [0.1, 0.15) is 36.1 Å². The second kappa shape index (κ2) is 6.33. The average molecular weight is 380 g/mol. The zero-order chi connectivity index (χ0) is 15.8. The first-order chi connectivity index (χ1) is 11.2. The minimum absolute atomic E-state index is 0.542. The smallest absolute Gasteiger partial charge is 0.147 e. The molecular weight excluding hydrogens is 358 g/mol. The van der Waals surface area contributed by atoms with Gasteiger partial charge in [-0.25, -0.2) is 0 Å². The molecule has 1 N–H and O–H groups in total. The molecule has 2 aliphatic heterocycles. The van der Waals surface area contributed by atoms with Crippen LogP contribution in [0.15, 0.2) is 10.7 Å². The van der Waals surface area contributed by atoms with Gasteiger partial charge in [0, 0.05) is 32.6 Å². The van der Waals surface area contributed by atoms with Crippen molar-refractivity contribution in [1.29, 1.82) is 0 Å². The maximum absolute atomic E-state index is 4.48. The van der Waals surface area contributed by atoms with Crippen molar-refractivity contribution in [2.75, 3.05) is 19.6 Å². The quantitative estimate of drug-likeness (QED) is 0.869. The minimum atomic E-state index is 0.542. The van der Waals surface area contributed by atoms with E-state index in [9.17, 15) is 0 Å². The monoisotopic (exact) mass is 379 g/mol. The summed E-state index contributed by atoms with van der Waals surface area (Å²) >= 11 is 3.59. The normalized spacial score (nSPS) is 19.9. The molecule has 0 spiro atoms. The van der Waals surface area contributed by atoms with Crippen LogP contribution in [0.2, 0.25) is 0 Å². The molecule has 0 unspecified atom stereocenters. The van der Waals surface area contributed by atoms with E-state index in [1.165, 1.54) is 11.5 Å². The molecule has 1 fully saturated rings. The number of hydrogen-bond acceptors (Lipinski definition) is 5. The zero-order valence-electron chi connectivity index (χ0n) is 13.4. The van der Waals surface area contributed by atoms with Crippen LogP contribution in [-0.4, -0.2) is 49.1 Å². The number of aryl methyl sites for hydroxylation is 1. The van der Waals surface area contributed by atoms with E-state index in [0.717, 1.165) is 62.4 Å². The van der Waals surface area contributed by atoms with Crippen LogP contribution < -0.4 is 5.32 Å². The van der Waals surface area contributed by atoms with Gasteiger partial charge in [0.05, 0.1) is 22.9 Å². The van der Waals surface area contributed by atoms with Crippen molar-refractivity contribution in [3.05, 3.63) is 28.0 Å². The molecule has 2 aliphatic rings. The second-order valence-electron chi connectivity index (χ2n) is 6.42. The Kier molecular flexibility index (Phi) is 4.21. The summed E-state index contributed by atoms with van der Waals surface area (Å²) < 4.78 is 5.38. The summed E-state index contributed by atoms with van der Waals surface area (Å²) in [5, 5.41) is 16.5. The summed E-state index contributed by atoms with van der Waals surface area (Å²) in [5.41, 5.74) is 1.24. The topological polar surface area (TPSA) is 63.8 Å². The van der Waals surface area contributed by atoms with Gasteiger partial charge < -0.3 is 9.88 Å². The van der Waals surface area contributed by atoms with Crippen molar-refractivity contribution < 1.29 is 0 Å². The molecule has 0 radical (unpaired) electrons. The molecule has 8 heteroatoms. The van der Waals surface area contributed by atoms with E-state index in [-0.39, 0.29) is 0 Å². The van der Waals surface area contributed by atoms with Crippen LogP contribution in [0.25, 0.3) is 0 Å². The molecule has 7 nitrogen and oxygen atoms in total. The van der Waals surface area contributed by atoms with Crippen molar-refractivity contribution in [1.82, 2.24) is 34.8 Å². The highest BCUT2D eigenvalue weighted by atomic mass is 79.9. The van der Waals surface area contributed by atoms with Crippen LogP contribution >= 0.6 is 15.9 Å². The first-order valence-electron chi connectivity index (χ1n) is 8.24. The molecule has 0 aliphatic carbocycles. The number of nitrogens with zero attached hydrogens (tertiary/aromatic N) is 6. The fourth-order valence-corrected chi connectivity index (χ4v) is 4.07. The van der Waals surface area contributed by atoms with E-state index >= 15 is 0 Å². The van der Waals surface area contributed by atoms with Gasteiger partial charge in [0.1, 0.15) is 11.6 Å². The lowest BCUT2D eigenvalue weighted by atomic mass is 9.95. The average Bonchev–Trinajstić information content (AvgIpc) is 3.14. The SMILES string of the molecule is Cn1ncc(Br)c1CN1CCC(c2nnc3n2CCNC3)CC1. The Labute approximate surface area is 144 Å². The number of hydrogen-bond donors (Lipinski definition) is 1. The summed E-state index contributed by atoms with van der Waals surface area (Å²) in [4.78, 5) is 2.51. The summed E-state index contributed by atoms with van der Waals surface area (Å²) in [6.45, 7) is 6.02. The standard InChI is InChI=1S/C15H22BrN7/c1-21-13(12(16)8-18-21)10-22-5-2-11(3-6-22)15-20-19-14-9-17-4-7-23(14)15/h8,11,17H,2-7,9-10H2,1H3. The van der Waals surface area contributed by atoms with Crippen molar-refractivity contribution in [3.63, 3.8) is 0 Å². The van der Waals surface area contributed by atoms with Crippen LogP contribution in [-0.2, 0) is 26.7 Å². The maximum atomic E-state index is 4.48. The minimum Gasteiger partial charge on any atom is -0.312 e. The number of fused-ring (bicyclic) bond motifs is 1. The van der Waals surface area contributed by atoms with Gasteiger partial charge in [-0.3, -0.25) is 9.58 Å². The van der Waals surface area contributed by atoms with Gasteiger partial charge in [-0.2, -0.15) is 5.10 Å². The number of aromatic nitrogens is 5. The van der Waals surface area contributed by atoms with Gasteiger partial charge >= 0.3 is 0 Å². The lowest BCUT2D eigenvalue weighted by Gasteiger charge is -2.32. The first-order valence-corrected chi connectivity index (χ1v) is 9.03. The van der Waals surface area contributed by atoms with Crippen molar-refractivity contribution in [3.8, 4) is 0 Å². The Morgan fingerprint density at radius 1 is 1.26 bits per heavy atom. The third kappa shape index (κ3) is 2.95. The zero-order valence-corrected chi connectivity index (χ0v) is 15.0. The molecule has 0 aromatic carbocycles. The largest absolute Gasteiger partial charge is 0.312 e. The highest BCUT2D eigenvalue weighted by Crippen LogP contribution is 2.29. The van der Waals surface area contributed by atoms with E-state index in [1.807, 2.05) is 17.9 Å². The van der Waals surface area contributed by atoms with Gasteiger partial charge in [-0.05, 0) is 41.9 Å². The Bertz CT molecular complexity index is 665. The number of likely N-dealkylation sites (tertiary alicyclic amines) is 1. The van der Waals surface area contributed by atoms with Crippen molar-refractivity contribution >= 4 is 15.9 Å².